The van der Waals surface area contributed by atoms with E-state index in [-0.39, 0.29) is 43.0 Å². The predicted octanol–water partition coefficient (Wildman–Crippen LogP) is 3.22. The third kappa shape index (κ3) is 14.0. The van der Waals surface area contributed by atoms with Crippen LogP contribution < -0.4 is 31.9 Å². The number of hydrogen-bond acceptors (Lipinski definition) is 10. The number of carboxylic acid groups (broad SMARTS) is 1. The molecule has 5 aromatic rings. The molecule has 17 heteroatoms. The predicted molar refractivity (Wildman–Crippen MR) is 264 cm³/mol. The Morgan fingerprint density at radius 3 is 1.69 bits per heavy atom. The number of thioether (sulfide) groups is 1. The molecule has 0 saturated heterocycles. The van der Waals surface area contributed by atoms with E-state index in [1.54, 1.807) is 72.8 Å². The molecule has 3 aliphatic heterocycles. The van der Waals surface area contributed by atoms with Crippen LogP contribution in [0.2, 0.25) is 0 Å². The Bertz CT molecular complexity index is 2650. The Hall–Kier alpha value is -7.60. The number of hydrogen-bond donors (Lipinski definition) is 9. The number of benzene rings is 5. The van der Waals surface area contributed by atoms with Crippen molar-refractivity contribution in [1.29, 1.82) is 0 Å². The van der Waals surface area contributed by atoms with Crippen molar-refractivity contribution < 1.29 is 48.9 Å². The van der Waals surface area contributed by atoms with E-state index in [9.17, 15) is 48.9 Å². The molecular weight excluding hydrogens is 913 g/mol. The van der Waals surface area contributed by atoms with Crippen molar-refractivity contribution in [2.75, 3.05) is 5.32 Å². The van der Waals surface area contributed by atoms with Crippen molar-refractivity contribution in [3.05, 3.63) is 173 Å². The SMILES string of the molecule is O=C(N[C@H](Cc1ccccc1)C(=O)O)[C@@H]1Cc2ccc(cc2)NC(=O)[C@H](O)[C@@H](O)C(=O)N[C@H](CC2CC=CS2)C(=O)N[C@@H](Cc2ccc(-c3ccccc3)cc2)C(=O)N[C@H](Cc2ccccc2)C(=O)N1. The second-order valence-electron chi connectivity index (χ2n) is 17.2. The van der Waals surface area contributed by atoms with Gasteiger partial charge in [0.25, 0.3) is 11.8 Å². The minimum absolute atomic E-state index is 0.0350. The molecule has 9 N–H and O–H groups in total. The van der Waals surface area contributed by atoms with Crippen molar-refractivity contribution in [1.82, 2.24) is 26.6 Å². The van der Waals surface area contributed by atoms with Crippen molar-refractivity contribution >= 4 is 58.9 Å². The van der Waals surface area contributed by atoms with Crippen LogP contribution in [-0.4, -0.2) is 104 Å². The summed E-state index contributed by atoms with van der Waals surface area (Å²) in [4.78, 5) is 97.4. The molecule has 3 aliphatic rings. The standard InChI is InChI=1S/C53H54N6O10S/c60-45-46(61)52(67)58-43(31-39-17-10-26-70-39)50(65)57-41(28-34-18-22-37(23-19-34)36-15-8-3-9-16-36)48(63)55-40(27-32-11-4-1-5-12-32)47(62)56-42(29-35-20-24-38(25-21-35)54-51(45)66)49(64)59-44(53(68)69)30-33-13-6-2-7-14-33/h1-16,18-26,39-46,60-61H,17,27-31H2,(H,54,66)(H,55,63)(H,56,62)(H,57,65)(H,58,67)(H,59,64)(H,68,69)/t39?,40-,41+,42+,43-,44-,45-,46-/m1/s1. The second-order valence-corrected chi connectivity index (χ2v) is 18.4. The van der Waals surface area contributed by atoms with Gasteiger partial charge in [0.15, 0.2) is 12.2 Å². The first-order valence-electron chi connectivity index (χ1n) is 22.8. The maximum Gasteiger partial charge on any atom is 0.326 e. The van der Waals surface area contributed by atoms with Crippen molar-refractivity contribution in [2.45, 2.75) is 86.2 Å². The summed E-state index contributed by atoms with van der Waals surface area (Å²) >= 11 is 1.42. The lowest BCUT2D eigenvalue weighted by Crippen LogP contribution is -2.60. The van der Waals surface area contributed by atoms with E-state index in [0.717, 1.165) is 11.1 Å². The summed E-state index contributed by atoms with van der Waals surface area (Å²) in [6.45, 7) is 0. The van der Waals surface area contributed by atoms with Gasteiger partial charge in [-0.2, -0.15) is 0 Å². The highest BCUT2D eigenvalue weighted by molar-refractivity contribution is 8.03. The molecular formula is C53H54N6O10S. The first-order chi connectivity index (χ1) is 33.8. The fraction of sp³-hybridized carbons (Fsp3) is 0.264. The van der Waals surface area contributed by atoms with Gasteiger partial charge in [0.05, 0.1) is 0 Å². The smallest absolute Gasteiger partial charge is 0.326 e. The van der Waals surface area contributed by atoms with Crippen molar-refractivity contribution in [3.8, 4) is 11.1 Å². The highest BCUT2D eigenvalue weighted by Gasteiger charge is 2.37. The van der Waals surface area contributed by atoms with E-state index in [0.29, 0.717) is 28.7 Å². The van der Waals surface area contributed by atoms with Gasteiger partial charge in [-0.1, -0.05) is 133 Å². The summed E-state index contributed by atoms with van der Waals surface area (Å²) in [5.74, 6) is -6.90. The summed E-state index contributed by atoms with van der Waals surface area (Å²) < 4.78 is 0. The normalized spacial score (nSPS) is 22.8. The summed E-state index contributed by atoms with van der Waals surface area (Å²) in [5.41, 5.74) is 4.35. The number of carbonyl (C=O) groups is 7. The summed E-state index contributed by atoms with van der Waals surface area (Å²) in [5, 5.41) is 49.6. The average molecular weight is 967 g/mol. The third-order valence-electron chi connectivity index (χ3n) is 12.0. The van der Waals surface area contributed by atoms with Crippen molar-refractivity contribution in [2.24, 2.45) is 0 Å². The van der Waals surface area contributed by atoms with Crippen LogP contribution in [-0.2, 0) is 59.2 Å². The third-order valence-corrected chi connectivity index (χ3v) is 13.1. The Morgan fingerprint density at radius 2 is 1.10 bits per heavy atom. The monoisotopic (exact) mass is 966 g/mol. The molecule has 70 heavy (non-hydrogen) atoms. The van der Waals surface area contributed by atoms with Crippen LogP contribution in [0.25, 0.3) is 11.1 Å². The number of nitrogens with one attached hydrogen (secondary N) is 6. The molecule has 6 amide bonds. The Morgan fingerprint density at radius 1 is 0.586 bits per heavy atom. The van der Waals surface area contributed by atoms with Gasteiger partial charge in [-0.05, 0) is 63.8 Å². The van der Waals surface area contributed by atoms with E-state index in [4.69, 9.17) is 0 Å². The molecule has 1 unspecified atom stereocenters. The van der Waals surface area contributed by atoms with Gasteiger partial charge in [-0.15, -0.1) is 11.8 Å². The van der Waals surface area contributed by atoms with Gasteiger partial charge in [0, 0.05) is 36.6 Å². The zero-order valence-electron chi connectivity index (χ0n) is 37.9. The largest absolute Gasteiger partial charge is 0.480 e. The number of carbonyl (C=O) groups excluding carboxylic acids is 6. The first-order valence-corrected chi connectivity index (χ1v) is 23.8. The molecule has 8 rings (SSSR count). The van der Waals surface area contributed by atoms with Crippen LogP contribution >= 0.6 is 11.8 Å². The lowest BCUT2D eigenvalue weighted by atomic mass is 9.98. The highest BCUT2D eigenvalue weighted by Crippen LogP contribution is 2.28. The Balaban J connectivity index is 1.25. The number of aliphatic hydroxyl groups excluding tert-OH is 2. The minimum Gasteiger partial charge on any atom is -0.480 e. The maximum absolute atomic E-state index is 14.8. The van der Waals surface area contributed by atoms with E-state index >= 15 is 0 Å². The van der Waals surface area contributed by atoms with Crippen LogP contribution in [0, 0.1) is 0 Å². The van der Waals surface area contributed by atoms with Crippen LogP contribution in [0.1, 0.15) is 35.1 Å². The lowest BCUT2D eigenvalue weighted by Gasteiger charge is -2.28. The summed E-state index contributed by atoms with van der Waals surface area (Å²) in [6.07, 6.45) is -2.52. The molecule has 362 valence electrons. The Labute approximate surface area is 408 Å². The number of aliphatic hydroxyl groups is 2. The molecule has 0 fully saturated rings. The number of amides is 6. The zero-order chi connectivity index (χ0) is 49.6. The minimum atomic E-state index is -2.31. The van der Waals surface area contributed by atoms with Crippen molar-refractivity contribution in [3.63, 3.8) is 0 Å². The fourth-order valence-electron chi connectivity index (χ4n) is 8.11. The van der Waals surface area contributed by atoms with Crippen LogP contribution in [0.4, 0.5) is 5.69 Å². The Kier molecular flexibility index (Phi) is 17.3. The van der Waals surface area contributed by atoms with E-state index in [1.165, 1.54) is 36.0 Å². The van der Waals surface area contributed by atoms with E-state index in [1.807, 2.05) is 53.9 Å². The molecule has 0 aromatic heterocycles. The van der Waals surface area contributed by atoms with Gasteiger partial charge in [0.2, 0.25) is 23.6 Å². The summed E-state index contributed by atoms with van der Waals surface area (Å²) in [7, 11) is 0. The highest BCUT2D eigenvalue weighted by atomic mass is 32.2. The molecule has 16 nitrogen and oxygen atoms in total. The van der Waals surface area contributed by atoms with Gasteiger partial charge in [0.1, 0.15) is 30.2 Å². The van der Waals surface area contributed by atoms with Gasteiger partial charge in [-0.3, -0.25) is 28.8 Å². The number of rotatable bonds is 12. The molecule has 0 aliphatic carbocycles. The van der Waals surface area contributed by atoms with Crippen LogP contribution in [0.5, 0.6) is 0 Å². The number of anilines is 1. The first kappa shape index (κ1) is 50.3. The van der Waals surface area contributed by atoms with Crippen LogP contribution in [0.15, 0.2) is 151 Å². The molecule has 8 atom stereocenters. The second kappa shape index (κ2) is 24.1. The topological polar surface area (TPSA) is 252 Å². The molecule has 2 bridgehead atoms. The molecule has 3 heterocycles. The quantitative estimate of drug-likeness (QED) is 0.0822. The number of allylic oxidation sites excluding steroid dienone is 1. The molecule has 0 radical (unpaired) electrons. The number of carboxylic acids is 1. The fourth-order valence-corrected chi connectivity index (χ4v) is 9.08. The van der Waals surface area contributed by atoms with Gasteiger partial charge in [-0.25, -0.2) is 4.79 Å². The molecule has 0 saturated carbocycles. The van der Waals surface area contributed by atoms with Crippen LogP contribution in [0.3, 0.4) is 0 Å². The lowest BCUT2D eigenvalue weighted by molar-refractivity contribution is -0.145. The van der Waals surface area contributed by atoms with Gasteiger partial charge < -0.3 is 47.2 Å². The zero-order valence-corrected chi connectivity index (χ0v) is 38.7. The van der Waals surface area contributed by atoms with E-state index in [2.05, 4.69) is 31.9 Å². The molecule has 5 aromatic carbocycles. The van der Waals surface area contributed by atoms with Gasteiger partial charge >= 0.3 is 5.97 Å². The molecule has 0 spiro atoms. The van der Waals surface area contributed by atoms with E-state index < -0.39 is 83.8 Å². The number of aliphatic carboxylic acids is 1. The average Bonchev–Trinajstić information content (AvgIpc) is 3.89. The number of fused-ring (bicyclic) bond motifs is 18. The summed E-state index contributed by atoms with van der Waals surface area (Å²) in [6, 6.07) is 33.5. The maximum atomic E-state index is 14.8.